The quantitative estimate of drug-likeness (QED) is 0.286. The van der Waals surface area contributed by atoms with Gasteiger partial charge in [0.25, 0.3) is 5.89 Å². The Balaban J connectivity index is 1.37. The molecule has 0 aliphatic carbocycles. The Bertz CT molecular complexity index is 1710. The molecule has 0 aliphatic heterocycles. The van der Waals surface area contributed by atoms with E-state index in [1.54, 1.807) is 38.5 Å². The van der Waals surface area contributed by atoms with Crippen molar-refractivity contribution in [3.63, 3.8) is 0 Å². The average Bonchev–Trinajstić information content (AvgIpc) is 3.49. The standard InChI is InChI=1S/C26H20ClN5O4/c1-33-21-11-18-19(12-22(21)34-2)29-26-25(28-18)17-5-3-4-6-20(17)32(26)13-23-30-31-24(36-23)14-35-16-9-7-15(27)8-10-16/h3-12H,13-14H2,1-2H3. The molecule has 0 saturated carbocycles. The van der Waals surface area contributed by atoms with Gasteiger partial charge in [0.1, 0.15) is 17.8 Å². The van der Waals surface area contributed by atoms with Crippen molar-refractivity contribution in [2.75, 3.05) is 14.2 Å². The molecule has 6 rings (SSSR count). The van der Waals surface area contributed by atoms with Crippen molar-refractivity contribution in [2.24, 2.45) is 0 Å². The van der Waals surface area contributed by atoms with E-state index in [0.29, 0.717) is 57.3 Å². The monoisotopic (exact) mass is 501 g/mol. The number of para-hydroxylation sites is 1. The van der Waals surface area contributed by atoms with Gasteiger partial charge in [-0.3, -0.25) is 0 Å². The molecule has 3 heterocycles. The van der Waals surface area contributed by atoms with Crippen LogP contribution in [-0.2, 0) is 13.2 Å². The zero-order valence-corrected chi connectivity index (χ0v) is 20.2. The minimum Gasteiger partial charge on any atom is -0.493 e. The summed E-state index contributed by atoms with van der Waals surface area (Å²) in [5.74, 6) is 2.65. The van der Waals surface area contributed by atoms with E-state index in [2.05, 4.69) is 10.2 Å². The predicted molar refractivity (Wildman–Crippen MR) is 135 cm³/mol. The van der Waals surface area contributed by atoms with Gasteiger partial charge in [-0.1, -0.05) is 29.8 Å². The molecule has 36 heavy (non-hydrogen) atoms. The molecule has 0 fully saturated rings. The van der Waals surface area contributed by atoms with Crippen molar-refractivity contribution in [3.05, 3.63) is 77.5 Å². The fourth-order valence-corrected chi connectivity index (χ4v) is 4.27. The smallest absolute Gasteiger partial charge is 0.253 e. The van der Waals surface area contributed by atoms with Gasteiger partial charge in [0, 0.05) is 22.5 Å². The molecule has 9 nitrogen and oxygen atoms in total. The molecule has 0 atom stereocenters. The van der Waals surface area contributed by atoms with Crippen molar-refractivity contribution >= 4 is 44.7 Å². The van der Waals surface area contributed by atoms with Crippen LogP contribution in [0.2, 0.25) is 5.02 Å². The summed E-state index contributed by atoms with van der Waals surface area (Å²) in [6, 6.07) is 18.7. The summed E-state index contributed by atoms with van der Waals surface area (Å²) in [5, 5.41) is 9.97. The maximum Gasteiger partial charge on any atom is 0.253 e. The number of hydrogen-bond donors (Lipinski definition) is 0. The molecule has 0 amide bonds. The van der Waals surface area contributed by atoms with E-state index < -0.39 is 0 Å². The van der Waals surface area contributed by atoms with Crippen LogP contribution in [0, 0.1) is 0 Å². The third-order valence-electron chi connectivity index (χ3n) is 5.83. The van der Waals surface area contributed by atoms with Crippen molar-refractivity contribution in [2.45, 2.75) is 13.2 Å². The first-order valence-electron chi connectivity index (χ1n) is 11.1. The molecule has 0 saturated heterocycles. The molecule has 0 aliphatic rings. The first-order chi connectivity index (χ1) is 17.6. The Morgan fingerprint density at radius 1 is 0.861 bits per heavy atom. The normalized spacial score (nSPS) is 11.4. The highest BCUT2D eigenvalue weighted by molar-refractivity contribution is 6.30. The topological polar surface area (TPSA) is 97.3 Å². The second-order valence-electron chi connectivity index (χ2n) is 8.03. The van der Waals surface area contributed by atoms with E-state index in [-0.39, 0.29) is 6.61 Å². The van der Waals surface area contributed by atoms with E-state index in [4.69, 9.17) is 40.2 Å². The molecule has 3 aromatic carbocycles. The summed E-state index contributed by atoms with van der Waals surface area (Å²) >= 11 is 5.92. The lowest BCUT2D eigenvalue weighted by Gasteiger charge is -2.09. The highest BCUT2D eigenvalue weighted by Gasteiger charge is 2.18. The van der Waals surface area contributed by atoms with E-state index in [0.717, 1.165) is 16.4 Å². The highest BCUT2D eigenvalue weighted by Crippen LogP contribution is 2.34. The molecule has 0 unspecified atom stereocenters. The van der Waals surface area contributed by atoms with Gasteiger partial charge in [-0.05, 0) is 30.3 Å². The maximum atomic E-state index is 5.92. The molecular formula is C26H20ClN5O4. The highest BCUT2D eigenvalue weighted by atomic mass is 35.5. The first-order valence-corrected chi connectivity index (χ1v) is 11.5. The molecule has 0 spiro atoms. The fourth-order valence-electron chi connectivity index (χ4n) is 4.15. The fraction of sp³-hybridized carbons (Fsp3) is 0.154. The molecule has 6 aromatic rings. The number of benzene rings is 3. The Morgan fingerprint density at radius 3 is 2.31 bits per heavy atom. The zero-order valence-electron chi connectivity index (χ0n) is 19.4. The number of aromatic nitrogens is 5. The van der Waals surface area contributed by atoms with Crippen LogP contribution in [0.1, 0.15) is 11.8 Å². The van der Waals surface area contributed by atoms with E-state index >= 15 is 0 Å². The summed E-state index contributed by atoms with van der Waals surface area (Å²) in [6.07, 6.45) is 0. The van der Waals surface area contributed by atoms with Crippen LogP contribution >= 0.6 is 11.6 Å². The van der Waals surface area contributed by atoms with Crippen LogP contribution < -0.4 is 14.2 Å². The van der Waals surface area contributed by atoms with Crippen molar-refractivity contribution < 1.29 is 18.6 Å². The minimum atomic E-state index is 0.147. The second kappa shape index (κ2) is 9.01. The van der Waals surface area contributed by atoms with Gasteiger partial charge in [-0.15, -0.1) is 10.2 Å². The number of ether oxygens (including phenoxy) is 3. The van der Waals surface area contributed by atoms with Crippen molar-refractivity contribution in [3.8, 4) is 17.2 Å². The van der Waals surface area contributed by atoms with Gasteiger partial charge in [0.05, 0.1) is 30.8 Å². The summed E-state index contributed by atoms with van der Waals surface area (Å²) in [4.78, 5) is 9.84. The lowest BCUT2D eigenvalue weighted by Crippen LogP contribution is -2.02. The third-order valence-corrected chi connectivity index (χ3v) is 6.09. The van der Waals surface area contributed by atoms with Crippen molar-refractivity contribution in [1.82, 2.24) is 24.7 Å². The van der Waals surface area contributed by atoms with Crippen LogP contribution in [-0.4, -0.2) is 39.0 Å². The number of nitrogens with zero attached hydrogens (tertiary/aromatic N) is 5. The maximum absolute atomic E-state index is 5.92. The van der Waals surface area contributed by atoms with Crippen LogP contribution in [0.25, 0.3) is 33.1 Å². The lowest BCUT2D eigenvalue weighted by atomic mass is 10.2. The van der Waals surface area contributed by atoms with Crippen molar-refractivity contribution in [1.29, 1.82) is 0 Å². The average molecular weight is 502 g/mol. The number of rotatable bonds is 7. The summed E-state index contributed by atoms with van der Waals surface area (Å²) in [6.45, 7) is 0.472. The molecule has 3 aromatic heterocycles. The molecule has 10 heteroatoms. The molecular weight excluding hydrogens is 482 g/mol. The SMILES string of the molecule is COc1cc2nc3c4ccccc4n(Cc4nnc(COc5ccc(Cl)cc5)o4)c3nc2cc1OC. The van der Waals surface area contributed by atoms with E-state index in [1.165, 1.54) is 0 Å². The Morgan fingerprint density at radius 2 is 1.56 bits per heavy atom. The minimum absolute atomic E-state index is 0.147. The molecule has 180 valence electrons. The van der Waals surface area contributed by atoms with Gasteiger partial charge in [-0.25, -0.2) is 9.97 Å². The number of methoxy groups -OCH3 is 2. The number of halogens is 1. The van der Waals surface area contributed by atoms with Crippen LogP contribution in [0.5, 0.6) is 17.2 Å². The zero-order chi connectivity index (χ0) is 24.6. The second-order valence-corrected chi connectivity index (χ2v) is 8.46. The Labute approximate surface area is 210 Å². The van der Waals surface area contributed by atoms with E-state index in [1.807, 2.05) is 41.0 Å². The van der Waals surface area contributed by atoms with Crippen LogP contribution in [0.4, 0.5) is 0 Å². The first kappa shape index (κ1) is 22.1. The largest absolute Gasteiger partial charge is 0.493 e. The van der Waals surface area contributed by atoms with Gasteiger partial charge < -0.3 is 23.2 Å². The van der Waals surface area contributed by atoms with Gasteiger partial charge >= 0.3 is 0 Å². The van der Waals surface area contributed by atoms with E-state index in [9.17, 15) is 0 Å². The Hall–Kier alpha value is -4.37. The molecule has 0 radical (unpaired) electrons. The van der Waals surface area contributed by atoms with Crippen LogP contribution in [0.15, 0.2) is 65.1 Å². The van der Waals surface area contributed by atoms with Gasteiger partial charge in [-0.2, -0.15) is 0 Å². The van der Waals surface area contributed by atoms with Gasteiger partial charge in [0.15, 0.2) is 23.8 Å². The van der Waals surface area contributed by atoms with Crippen LogP contribution in [0.3, 0.4) is 0 Å². The summed E-state index contributed by atoms with van der Waals surface area (Å²) < 4.78 is 24.5. The summed E-state index contributed by atoms with van der Waals surface area (Å²) in [5.41, 5.74) is 3.83. The third kappa shape index (κ3) is 3.93. The number of hydrogen-bond acceptors (Lipinski definition) is 8. The number of fused-ring (bicyclic) bond motifs is 4. The molecule has 0 N–H and O–H groups in total. The molecule has 0 bridgehead atoms. The van der Waals surface area contributed by atoms with Gasteiger partial charge in [0.2, 0.25) is 5.89 Å². The predicted octanol–water partition coefficient (Wildman–Crippen LogP) is 5.42. The lowest BCUT2D eigenvalue weighted by molar-refractivity contribution is 0.258. The summed E-state index contributed by atoms with van der Waals surface area (Å²) in [7, 11) is 3.19. The Kier molecular flexibility index (Phi) is 5.54.